The third kappa shape index (κ3) is 2.86. The van der Waals surface area contributed by atoms with Crippen LogP contribution in [0.2, 0.25) is 0 Å². The van der Waals surface area contributed by atoms with Gasteiger partial charge in [-0.3, -0.25) is 9.69 Å². The number of hydrogen-bond acceptors (Lipinski definition) is 4. The predicted molar refractivity (Wildman–Crippen MR) is 39.1 cm³/mol. The van der Waals surface area contributed by atoms with Gasteiger partial charge < -0.3 is 9.84 Å². The smallest absolute Gasteiger partial charge is 0.320 e. The first-order chi connectivity index (χ1) is 5.33. The second-order valence-electron chi connectivity index (χ2n) is 2.57. The molecular formula is C7H13NO3. The molecule has 1 saturated heterocycles. The molecule has 4 nitrogen and oxygen atoms in total. The summed E-state index contributed by atoms with van der Waals surface area (Å²) in [6.45, 7) is 2.63. The maximum atomic E-state index is 10.7. The molecule has 64 valence electrons. The van der Waals surface area contributed by atoms with E-state index >= 15 is 0 Å². The van der Waals surface area contributed by atoms with Crippen molar-refractivity contribution < 1.29 is 14.6 Å². The van der Waals surface area contributed by atoms with Crippen molar-refractivity contribution in [3.8, 4) is 0 Å². The number of ether oxygens (including phenoxy) is 1. The molecule has 4 heteroatoms. The number of carbonyl (C=O) groups excluding carboxylic acids is 1. The Morgan fingerprint density at radius 2 is 2.45 bits per heavy atom. The van der Waals surface area contributed by atoms with E-state index < -0.39 is 0 Å². The van der Waals surface area contributed by atoms with Gasteiger partial charge in [0.2, 0.25) is 0 Å². The molecule has 1 N–H and O–H groups in total. The van der Waals surface area contributed by atoms with Crippen molar-refractivity contribution in [2.24, 2.45) is 0 Å². The fourth-order valence-corrected chi connectivity index (χ4v) is 1.08. The molecule has 0 aromatic carbocycles. The lowest BCUT2D eigenvalue weighted by molar-refractivity contribution is -0.150. The zero-order valence-electron chi connectivity index (χ0n) is 6.45. The fraction of sp³-hybridized carbons (Fsp3) is 0.857. The molecule has 11 heavy (non-hydrogen) atoms. The molecule has 1 fully saturated rings. The molecule has 0 aromatic rings. The Morgan fingerprint density at radius 3 is 3.09 bits per heavy atom. The third-order valence-electron chi connectivity index (χ3n) is 1.66. The molecule has 0 amide bonds. The maximum Gasteiger partial charge on any atom is 0.320 e. The molecule has 0 unspecified atom stereocenters. The highest BCUT2D eigenvalue weighted by Crippen LogP contribution is 1.98. The molecule has 0 saturated carbocycles. The van der Waals surface area contributed by atoms with Crippen molar-refractivity contribution in [1.29, 1.82) is 0 Å². The van der Waals surface area contributed by atoms with Crippen molar-refractivity contribution in [1.82, 2.24) is 4.90 Å². The maximum absolute atomic E-state index is 10.7. The van der Waals surface area contributed by atoms with E-state index in [0.717, 1.165) is 19.5 Å². The minimum atomic E-state index is -0.158. The van der Waals surface area contributed by atoms with Crippen LogP contribution in [0.25, 0.3) is 0 Å². The summed E-state index contributed by atoms with van der Waals surface area (Å²) in [7, 11) is 0. The van der Waals surface area contributed by atoms with Crippen molar-refractivity contribution in [2.45, 2.75) is 6.42 Å². The Kier molecular flexibility index (Phi) is 3.32. The number of nitrogens with zero attached hydrogens (tertiary/aromatic N) is 1. The summed E-state index contributed by atoms with van der Waals surface area (Å²) in [5, 5.41) is 8.52. The lowest BCUT2D eigenvalue weighted by atomic mass is 10.3. The molecule has 0 atom stereocenters. The number of hydrogen-bond donors (Lipinski definition) is 1. The van der Waals surface area contributed by atoms with Crippen LogP contribution in [0.3, 0.4) is 0 Å². The van der Waals surface area contributed by atoms with Gasteiger partial charge in [-0.15, -0.1) is 0 Å². The summed E-state index contributed by atoms with van der Waals surface area (Å²) in [5.41, 5.74) is 0. The van der Waals surface area contributed by atoms with Gasteiger partial charge in [-0.2, -0.15) is 0 Å². The number of cyclic esters (lactones) is 1. The van der Waals surface area contributed by atoms with Crippen molar-refractivity contribution in [2.75, 3.05) is 32.8 Å². The molecule has 1 aliphatic heterocycles. The zero-order chi connectivity index (χ0) is 8.10. The number of aliphatic hydroxyl groups excluding tert-OH is 1. The second-order valence-corrected chi connectivity index (χ2v) is 2.57. The van der Waals surface area contributed by atoms with E-state index in [1.54, 1.807) is 0 Å². The van der Waals surface area contributed by atoms with Gasteiger partial charge >= 0.3 is 5.97 Å². The Labute approximate surface area is 65.8 Å². The minimum absolute atomic E-state index is 0.158. The third-order valence-corrected chi connectivity index (χ3v) is 1.66. The van der Waals surface area contributed by atoms with Crippen LogP contribution < -0.4 is 0 Å². The Hall–Kier alpha value is -0.610. The highest BCUT2D eigenvalue weighted by molar-refractivity contribution is 5.72. The first-order valence-corrected chi connectivity index (χ1v) is 3.82. The summed E-state index contributed by atoms with van der Waals surface area (Å²) in [6.07, 6.45) is 0.729. The Bertz CT molecular complexity index is 138. The molecule has 0 radical (unpaired) electrons. The number of aliphatic hydroxyl groups is 1. The van der Waals surface area contributed by atoms with E-state index in [2.05, 4.69) is 0 Å². The van der Waals surface area contributed by atoms with E-state index in [9.17, 15) is 4.79 Å². The van der Waals surface area contributed by atoms with Crippen molar-refractivity contribution in [3.63, 3.8) is 0 Å². The first-order valence-electron chi connectivity index (χ1n) is 3.82. The average molecular weight is 159 g/mol. The molecule has 1 heterocycles. The van der Waals surface area contributed by atoms with Crippen molar-refractivity contribution in [3.05, 3.63) is 0 Å². The van der Waals surface area contributed by atoms with E-state index in [0.29, 0.717) is 13.2 Å². The number of carbonyl (C=O) groups is 1. The normalized spacial score (nSPS) is 19.9. The minimum Gasteiger partial charge on any atom is -0.463 e. The fourth-order valence-electron chi connectivity index (χ4n) is 1.08. The van der Waals surface area contributed by atoms with E-state index in [4.69, 9.17) is 9.84 Å². The lowest BCUT2D eigenvalue weighted by Gasteiger charge is -2.24. The Balaban J connectivity index is 2.17. The van der Waals surface area contributed by atoms with Crippen LogP contribution in [0.15, 0.2) is 0 Å². The molecule has 1 rings (SSSR count). The van der Waals surface area contributed by atoms with E-state index in [-0.39, 0.29) is 12.6 Å². The van der Waals surface area contributed by atoms with E-state index in [1.165, 1.54) is 0 Å². The van der Waals surface area contributed by atoms with Crippen LogP contribution in [0, 0.1) is 0 Å². The quantitative estimate of drug-likeness (QED) is 0.549. The zero-order valence-corrected chi connectivity index (χ0v) is 6.45. The Morgan fingerprint density at radius 1 is 1.64 bits per heavy atom. The van der Waals surface area contributed by atoms with Gasteiger partial charge in [0.15, 0.2) is 0 Å². The molecule has 0 spiro atoms. The average Bonchev–Trinajstić information content (AvgIpc) is 2.01. The van der Waals surface area contributed by atoms with Crippen molar-refractivity contribution >= 4 is 5.97 Å². The molecule has 0 bridgehead atoms. The number of morpholine rings is 1. The van der Waals surface area contributed by atoms with E-state index in [1.807, 2.05) is 4.90 Å². The van der Waals surface area contributed by atoms with Gasteiger partial charge in [-0.05, 0) is 6.42 Å². The molecule has 0 aliphatic carbocycles. The van der Waals surface area contributed by atoms with Gasteiger partial charge in [-0.1, -0.05) is 0 Å². The number of esters is 1. The molecule has 1 aliphatic rings. The highest BCUT2D eigenvalue weighted by Gasteiger charge is 2.16. The molecular weight excluding hydrogens is 146 g/mol. The predicted octanol–water partition coefficient (Wildman–Crippen LogP) is -0.772. The second kappa shape index (κ2) is 4.31. The largest absolute Gasteiger partial charge is 0.463 e. The summed E-state index contributed by atoms with van der Waals surface area (Å²) in [4.78, 5) is 12.7. The number of rotatable bonds is 3. The van der Waals surface area contributed by atoms with Gasteiger partial charge in [0.1, 0.15) is 6.61 Å². The monoisotopic (exact) mass is 159 g/mol. The topological polar surface area (TPSA) is 49.8 Å². The van der Waals surface area contributed by atoms with Crippen LogP contribution in [0.4, 0.5) is 0 Å². The first kappa shape index (κ1) is 8.49. The highest BCUT2D eigenvalue weighted by atomic mass is 16.5. The van der Waals surface area contributed by atoms with Gasteiger partial charge in [-0.25, -0.2) is 0 Å². The van der Waals surface area contributed by atoms with Crippen LogP contribution in [0.1, 0.15) is 6.42 Å². The summed E-state index contributed by atoms with van der Waals surface area (Å²) in [5.74, 6) is -0.158. The SMILES string of the molecule is O=C1CN(CCCO)CCO1. The van der Waals surface area contributed by atoms with Gasteiger partial charge in [0, 0.05) is 19.7 Å². The van der Waals surface area contributed by atoms with Crippen LogP contribution in [0.5, 0.6) is 0 Å². The van der Waals surface area contributed by atoms with Crippen LogP contribution in [-0.4, -0.2) is 48.8 Å². The van der Waals surface area contributed by atoms with Crippen LogP contribution >= 0.6 is 0 Å². The summed E-state index contributed by atoms with van der Waals surface area (Å²) >= 11 is 0. The van der Waals surface area contributed by atoms with Crippen LogP contribution in [-0.2, 0) is 9.53 Å². The molecule has 0 aromatic heterocycles. The van der Waals surface area contributed by atoms with Gasteiger partial charge in [0.05, 0.1) is 6.54 Å². The standard InChI is InChI=1S/C7H13NO3/c9-4-1-2-8-3-5-11-7(10)6-8/h9H,1-6H2. The van der Waals surface area contributed by atoms with Gasteiger partial charge in [0.25, 0.3) is 0 Å². The summed E-state index contributed by atoms with van der Waals surface area (Å²) in [6, 6.07) is 0. The lowest BCUT2D eigenvalue weighted by Crippen LogP contribution is -2.40. The summed E-state index contributed by atoms with van der Waals surface area (Å²) < 4.78 is 4.74.